The van der Waals surface area contributed by atoms with E-state index in [0.29, 0.717) is 28.9 Å². The number of methoxy groups -OCH3 is 2. The van der Waals surface area contributed by atoms with Gasteiger partial charge in [-0.25, -0.2) is 0 Å². The monoisotopic (exact) mass is 430 g/mol. The first-order chi connectivity index (χ1) is 14.1. The Morgan fingerprint density at radius 3 is 2.34 bits per heavy atom. The first-order valence-electron chi connectivity index (χ1n) is 9.05. The van der Waals surface area contributed by atoms with Crippen LogP contribution in [-0.4, -0.2) is 21.0 Å². The Morgan fingerprint density at radius 1 is 0.862 bits per heavy atom. The molecule has 0 amide bonds. The van der Waals surface area contributed by atoms with Crippen molar-refractivity contribution in [2.24, 2.45) is 0 Å². The average molecular weight is 431 g/mol. The maximum Gasteiger partial charge on any atom is 0.188 e. The van der Waals surface area contributed by atoms with E-state index in [-0.39, 0.29) is 6.79 Å². The van der Waals surface area contributed by atoms with E-state index in [1.165, 1.54) is 0 Å². The molecule has 0 atom stereocenters. The molecule has 3 aromatic rings. The molecule has 0 unspecified atom stereocenters. The normalized spacial score (nSPS) is 10.6. The van der Waals surface area contributed by atoms with Crippen LogP contribution in [0.1, 0.15) is 11.1 Å². The Hall–Kier alpha value is -2.34. The van der Waals surface area contributed by atoms with Crippen LogP contribution in [0.5, 0.6) is 17.2 Å². The van der Waals surface area contributed by atoms with Gasteiger partial charge in [0, 0.05) is 16.9 Å². The number of halogens is 1. The molecule has 0 bridgehead atoms. The predicted molar refractivity (Wildman–Crippen MR) is 117 cm³/mol. The third-order valence-electron chi connectivity index (χ3n) is 4.13. The molecular formula is C23H23ClO4S. The van der Waals surface area contributed by atoms with Gasteiger partial charge in [-0.1, -0.05) is 53.7 Å². The maximum atomic E-state index is 6.38. The van der Waals surface area contributed by atoms with Crippen LogP contribution in [-0.2, 0) is 11.3 Å². The van der Waals surface area contributed by atoms with Crippen molar-refractivity contribution in [1.29, 1.82) is 0 Å². The second kappa shape index (κ2) is 10.4. The summed E-state index contributed by atoms with van der Waals surface area (Å²) in [4.78, 5) is 2.03. The molecule has 0 saturated heterocycles. The number of rotatable bonds is 9. The largest absolute Gasteiger partial charge is 0.493 e. The quantitative estimate of drug-likeness (QED) is 0.368. The Bertz CT molecular complexity index is 924. The van der Waals surface area contributed by atoms with Gasteiger partial charge < -0.3 is 18.9 Å². The molecule has 29 heavy (non-hydrogen) atoms. The standard InChI is InChI=1S/C23H23ClO4S/c1-16-11-19(12-20(24)23(16)28-15-25-2)29-18-9-10-21(22(13-18)26-3)27-14-17-7-5-4-6-8-17/h4-13H,14-15H2,1-3H3. The predicted octanol–water partition coefficient (Wildman–Crippen LogP) is 6.37. The molecule has 3 rings (SSSR count). The lowest BCUT2D eigenvalue weighted by molar-refractivity contribution is 0.0506. The molecule has 0 aromatic heterocycles. The Morgan fingerprint density at radius 2 is 1.66 bits per heavy atom. The van der Waals surface area contributed by atoms with Crippen LogP contribution in [0.15, 0.2) is 70.5 Å². The third-order valence-corrected chi connectivity index (χ3v) is 5.37. The van der Waals surface area contributed by atoms with Gasteiger partial charge in [0.05, 0.1) is 12.1 Å². The Kier molecular flexibility index (Phi) is 7.69. The third kappa shape index (κ3) is 5.82. The highest BCUT2D eigenvalue weighted by atomic mass is 35.5. The number of hydrogen-bond donors (Lipinski definition) is 0. The summed E-state index contributed by atoms with van der Waals surface area (Å²) in [6.07, 6.45) is 0. The lowest BCUT2D eigenvalue weighted by Crippen LogP contribution is -2.01. The van der Waals surface area contributed by atoms with E-state index in [0.717, 1.165) is 20.9 Å². The van der Waals surface area contributed by atoms with Crippen LogP contribution in [0.4, 0.5) is 0 Å². The van der Waals surface area contributed by atoms with Crippen molar-refractivity contribution >= 4 is 23.4 Å². The zero-order valence-electron chi connectivity index (χ0n) is 16.6. The summed E-state index contributed by atoms with van der Waals surface area (Å²) >= 11 is 7.98. The molecule has 4 nitrogen and oxygen atoms in total. The van der Waals surface area contributed by atoms with Gasteiger partial charge in [-0.15, -0.1) is 0 Å². The average Bonchev–Trinajstić information content (AvgIpc) is 2.73. The summed E-state index contributed by atoms with van der Waals surface area (Å²) in [6, 6.07) is 19.9. The first kappa shape index (κ1) is 21.4. The fourth-order valence-electron chi connectivity index (χ4n) is 2.76. The molecule has 6 heteroatoms. The van der Waals surface area contributed by atoms with Crippen molar-refractivity contribution in [3.8, 4) is 17.2 Å². The topological polar surface area (TPSA) is 36.9 Å². The van der Waals surface area contributed by atoms with Crippen LogP contribution in [0.3, 0.4) is 0 Å². The molecule has 0 saturated carbocycles. The van der Waals surface area contributed by atoms with Crippen LogP contribution >= 0.6 is 23.4 Å². The van der Waals surface area contributed by atoms with Crippen LogP contribution in [0, 0.1) is 6.92 Å². The molecule has 0 N–H and O–H groups in total. The summed E-state index contributed by atoms with van der Waals surface area (Å²) in [7, 11) is 3.22. The van der Waals surface area contributed by atoms with Crippen molar-refractivity contribution in [3.05, 3.63) is 76.8 Å². The fraction of sp³-hybridized carbons (Fsp3) is 0.217. The van der Waals surface area contributed by atoms with Gasteiger partial charge in [0.2, 0.25) is 0 Å². The minimum absolute atomic E-state index is 0.161. The van der Waals surface area contributed by atoms with E-state index >= 15 is 0 Å². The summed E-state index contributed by atoms with van der Waals surface area (Å²) < 4.78 is 21.9. The van der Waals surface area contributed by atoms with Crippen molar-refractivity contribution < 1.29 is 18.9 Å². The van der Waals surface area contributed by atoms with Gasteiger partial charge in [0.15, 0.2) is 18.3 Å². The molecular weight excluding hydrogens is 408 g/mol. The number of aryl methyl sites for hydroxylation is 1. The molecule has 0 radical (unpaired) electrons. The van der Waals surface area contributed by atoms with Crippen molar-refractivity contribution in [2.45, 2.75) is 23.3 Å². The van der Waals surface area contributed by atoms with Crippen LogP contribution in [0.2, 0.25) is 5.02 Å². The number of hydrogen-bond acceptors (Lipinski definition) is 5. The smallest absolute Gasteiger partial charge is 0.188 e. The second-order valence-electron chi connectivity index (χ2n) is 6.29. The first-order valence-corrected chi connectivity index (χ1v) is 10.2. The molecule has 0 fully saturated rings. The summed E-state index contributed by atoms with van der Waals surface area (Å²) in [5, 5.41) is 0.555. The van der Waals surface area contributed by atoms with Crippen LogP contribution in [0.25, 0.3) is 0 Å². The molecule has 0 heterocycles. The highest BCUT2D eigenvalue weighted by Crippen LogP contribution is 2.39. The number of ether oxygens (including phenoxy) is 4. The second-order valence-corrected chi connectivity index (χ2v) is 7.85. The minimum atomic E-state index is 0.161. The van der Waals surface area contributed by atoms with Crippen molar-refractivity contribution in [2.75, 3.05) is 21.0 Å². The molecule has 152 valence electrons. The SMILES string of the molecule is COCOc1c(C)cc(Sc2ccc(OCc3ccccc3)c(OC)c2)cc1Cl. The summed E-state index contributed by atoms with van der Waals surface area (Å²) in [6.45, 7) is 2.61. The van der Waals surface area contributed by atoms with E-state index in [1.807, 2.05) is 67.6 Å². The molecule has 0 aliphatic rings. The van der Waals surface area contributed by atoms with Crippen molar-refractivity contribution in [1.82, 2.24) is 0 Å². The van der Waals surface area contributed by atoms with Gasteiger partial charge in [0.25, 0.3) is 0 Å². The van der Waals surface area contributed by atoms with E-state index in [2.05, 4.69) is 0 Å². The number of benzene rings is 3. The zero-order chi connectivity index (χ0) is 20.6. The minimum Gasteiger partial charge on any atom is -0.493 e. The van der Waals surface area contributed by atoms with Gasteiger partial charge in [0.1, 0.15) is 12.4 Å². The lowest BCUT2D eigenvalue weighted by Gasteiger charge is -2.14. The van der Waals surface area contributed by atoms with E-state index < -0.39 is 0 Å². The van der Waals surface area contributed by atoms with Gasteiger partial charge in [-0.05, 0) is 48.4 Å². The maximum absolute atomic E-state index is 6.38. The van der Waals surface area contributed by atoms with Crippen LogP contribution < -0.4 is 14.2 Å². The van der Waals surface area contributed by atoms with Crippen molar-refractivity contribution in [3.63, 3.8) is 0 Å². The molecule has 0 aliphatic carbocycles. The van der Waals surface area contributed by atoms with Gasteiger partial charge >= 0.3 is 0 Å². The molecule has 0 aliphatic heterocycles. The Labute approximate surface area is 180 Å². The zero-order valence-corrected chi connectivity index (χ0v) is 18.2. The molecule has 0 spiro atoms. The lowest BCUT2D eigenvalue weighted by atomic mass is 10.2. The fourth-order valence-corrected chi connectivity index (χ4v) is 4.13. The summed E-state index contributed by atoms with van der Waals surface area (Å²) in [5.41, 5.74) is 2.06. The summed E-state index contributed by atoms with van der Waals surface area (Å²) in [5.74, 6) is 2.03. The highest BCUT2D eigenvalue weighted by Gasteiger charge is 2.11. The van der Waals surface area contributed by atoms with Gasteiger partial charge in [-0.2, -0.15) is 0 Å². The van der Waals surface area contributed by atoms with Gasteiger partial charge in [-0.3, -0.25) is 0 Å². The highest BCUT2D eigenvalue weighted by molar-refractivity contribution is 7.99. The van der Waals surface area contributed by atoms with E-state index in [9.17, 15) is 0 Å². The molecule has 3 aromatic carbocycles. The Balaban J connectivity index is 1.73. The van der Waals surface area contributed by atoms with E-state index in [4.69, 9.17) is 30.5 Å². The van der Waals surface area contributed by atoms with E-state index in [1.54, 1.807) is 26.0 Å².